The first kappa shape index (κ1) is 14.1. The van der Waals surface area contributed by atoms with E-state index < -0.39 is 0 Å². The van der Waals surface area contributed by atoms with Crippen LogP contribution in [-0.4, -0.2) is 10.2 Å². The zero-order valence-electron chi connectivity index (χ0n) is 12.3. The van der Waals surface area contributed by atoms with Crippen LogP contribution >= 0.6 is 0 Å². The van der Waals surface area contributed by atoms with Gasteiger partial charge in [-0.25, -0.2) is 0 Å². The lowest BCUT2D eigenvalue weighted by atomic mass is 10.3. The van der Waals surface area contributed by atoms with Crippen LogP contribution in [0, 0.1) is 0 Å². The number of benzene rings is 2. The molecule has 112 valence electrons. The molecule has 1 heterocycles. The maximum Gasteiger partial charge on any atom is 0.235 e. The normalized spacial score (nSPS) is 10.4. The van der Waals surface area contributed by atoms with E-state index in [1.807, 2.05) is 61.5 Å². The van der Waals surface area contributed by atoms with Crippen molar-refractivity contribution in [1.82, 2.24) is 10.2 Å². The van der Waals surface area contributed by atoms with E-state index in [9.17, 15) is 0 Å². The molecule has 5 heteroatoms. The molecule has 1 N–H and O–H groups in total. The van der Waals surface area contributed by atoms with E-state index >= 15 is 0 Å². The van der Waals surface area contributed by atoms with Crippen molar-refractivity contribution < 1.29 is 9.15 Å². The molecule has 0 radical (unpaired) electrons. The van der Waals surface area contributed by atoms with Gasteiger partial charge in [-0.15, -0.1) is 10.2 Å². The van der Waals surface area contributed by atoms with Gasteiger partial charge in [0.15, 0.2) is 5.75 Å². The zero-order valence-corrected chi connectivity index (χ0v) is 12.3. The molecular weight excluding hydrogens is 278 g/mol. The lowest BCUT2D eigenvalue weighted by Crippen LogP contribution is -2.01. The highest BCUT2D eigenvalue weighted by Crippen LogP contribution is 2.29. The summed E-state index contributed by atoms with van der Waals surface area (Å²) >= 11 is 0. The van der Waals surface area contributed by atoms with Crippen molar-refractivity contribution in [2.75, 3.05) is 5.32 Å². The van der Waals surface area contributed by atoms with Crippen LogP contribution in [0.3, 0.4) is 0 Å². The van der Waals surface area contributed by atoms with Gasteiger partial charge in [0.2, 0.25) is 11.8 Å². The zero-order chi connectivity index (χ0) is 15.2. The fraction of sp³-hybridized carbons (Fsp3) is 0.176. The Kier molecular flexibility index (Phi) is 4.34. The number of aryl methyl sites for hydroxylation is 1. The highest BCUT2D eigenvalue weighted by Gasteiger charge is 2.07. The van der Waals surface area contributed by atoms with Crippen LogP contribution in [0.2, 0.25) is 0 Å². The Morgan fingerprint density at radius 1 is 0.955 bits per heavy atom. The average molecular weight is 295 g/mol. The summed E-state index contributed by atoms with van der Waals surface area (Å²) in [5.41, 5.74) is 0.877. The Labute approximate surface area is 129 Å². The second-order valence-electron chi connectivity index (χ2n) is 4.71. The van der Waals surface area contributed by atoms with Crippen LogP contribution in [-0.2, 0) is 13.0 Å². The largest absolute Gasteiger partial charge is 0.455 e. The van der Waals surface area contributed by atoms with Crippen molar-refractivity contribution in [3.05, 3.63) is 66.4 Å². The van der Waals surface area contributed by atoms with Crippen molar-refractivity contribution in [2.45, 2.75) is 19.9 Å². The van der Waals surface area contributed by atoms with Gasteiger partial charge in [-0.1, -0.05) is 37.3 Å². The highest BCUT2D eigenvalue weighted by molar-refractivity contribution is 5.57. The number of ether oxygens (including phenoxy) is 1. The average Bonchev–Trinajstić information content (AvgIpc) is 3.03. The standard InChI is InChI=1S/C17H17N3O2/c1-2-16-19-20-17(22-16)12-18-14-10-6-7-11-15(14)21-13-8-4-3-5-9-13/h3-11,18H,2,12H2,1H3. The molecule has 0 aliphatic heterocycles. The number of para-hydroxylation sites is 3. The smallest absolute Gasteiger partial charge is 0.235 e. The quantitative estimate of drug-likeness (QED) is 0.743. The van der Waals surface area contributed by atoms with Gasteiger partial charge in [0.05, 0.1) is 12.2 Å². The predicted molar refractivity (Wildman–Crippen MR) is 84.0 cm³/mol. The SMILES string of the molecule is CCc1nnc(CNc2ccccc2Oc2ccccc2)o1. The van der Waals surface area contributed by atoms with Crippen molar-refractivity contribution in [3.63, 3.8) is 0 Å². The maximum absolute atomic E-state index is 5.90. The highest BCUT2D eigenvalue weighted by atomic mass is 16.5. The van der Waals surface area contributed by atoms with Gasteiger partial charge in [0.25, 0.3) is 0 Å². The Morgan fingerprint density at radius 2 is 1.68 bits per heavy atom. The lowest BCUT2D eigenvalue weighted by molar-refractivity contribution is 0.459. The first-order valence-corrected chi connectivity index (χ1v) is 7.22. The molecule has 0 atom stereocenters. The van der Waals surface area contributed by atoms with Crippen molar-refractivity contribution in [2.24, 2.45) is 0 Å². The molecule has 0 bridgehead atoms. The van der Waals surface area contributed by atoms with Crippen molar-refractivity contribution in [1.29, 1.82) is 0 Å². The van der Waals surface area contributed by atoms with Gasteiger partial charge in [-0.3, -0.25) is 0 Å². The second kappa shape index (κ2) is 6.76. The summed E-state index contributed by atoms with van der Waals surface area (Å²) in [5, 5.41) is 11.2. The number of rotatable bonds is 6. The molecule has 5 nitrogen and oxygen atoms in total. The van der Waals surface area contributed by atoms with E-state index in [-0.39, 0.29) is 0 Å². The molecule has 3 aromatic rings. The minimum absolute atomic E-state index is 0.460. The van der Waals surface area contributed by atoms with Gasteiger partial charge >= 0.3 is 0 Å². The maximum atomic E-state index is 5.90. The van der Waals surface area contributed by atoms with Crippen LogP contribution < -0.4 is 10.1 Å². The van der Waals surface area contributed by atoms with Gasteiger partial charge in [0, 0.05) is 6.42 Å². The summed E-state index contributed by atoms with van der Waals surface area (Å²) in [6.07, 6.45) is 0.737. The summed E-state index contributed by atoms with van der Waals surface area (Å²) < 4.78 is 11.4. The molecular formula is C17H17N3O2. The third-order valence-corrected chi connectivity index (χ3v) is 3.10. The summed E-state index contributed by atoms with van der Waals surface area (Å²) in [6.45, 7) is 2.44. The third kappa shape index (κ3) is 3.44. The molecule has 0 aliphatic rings. The molecule has 3 rings (SSSR count). The van der Waals surface area contributed by atoms with E-state index in [2.05, 4.69) is 15.5 Å². The number of anilines is 1. The molecule has 0 saturated heterocycles. The Morgan fingerprint density at radius 3 is 2.45 bits per heavy atom. The molecule has 0 saturated carbocycles. The van der Waals surface area contributed by atoms with Gasteiger partial charge < -0.3 is 14.5 Å². The molecule has 0 unspecified atom stereocenters. The molecule has 0 fully saturated rings. The minimum Gasteiger partial charge on any atom is -0.455 e. The Hall–Kier alpha value is -2.82. The lowest BCUT2D eigenvalue weighted by Gasteiger charge is -2.11. The topological polar surface area (TPSA) is 60.2 Å². The monoisotopic (exact) mass is 295 g/mol. The van der Waals surface area contributed by atoms with Gasteiger partial charge in [0.1, 0.15) is 5.75 Å². The van der Waals surface area contributed by atoms with E-state index in [4.69, 9.17) is 9.15 Å². The Balaban J connectivity index is 1.71. The number of aromatic nitrogens is 2. The van der Waals surface area contributed by atoms with Gasteiger partial charge in [-0.2, -0.15) is 0 Å². The number of hydrogen-bond donors (Lipinski definition) is 1. The summed E-state index contributed by atoms with van der Waals surface area (Å²) in [7, 11) is 0. The first-order chi connectivity index (χ1) is 10.8. The molecule has 0 aliphatic carbocycles. The Bertz CT molecular complexity index is 726. The van der Waals surface area contributed by atoms with E-state index in [1.165, 1.54) is 0 Å². The number of nitrogens with one attached hydrogen (secondary N) is 1. The predicted octanol–water partition coefficient (Wildman–Crippen LogP) is 4.04. The molecule has 0 spiro atoms. The molecule has 0 amide bonds. The van der Waals surface area contributed by atoms with Crippen LogP contribution in [0.15, 0.2) is 59.0 Å². The fourth-order valence-electron chi connectivity index (χ4n) is 1.99. The van der Waals surface area contributed by atoms with E-state index in [0.29, 0.717) is 18.3 Å². The minimum atomic E-state index is 0.460. The van der Waals surface area contributed by atoms with Crippen molar-refractivity contribution >= 4 is 5.69 Å². The van der Waals surface area contributed by atoms with Gasteiger partial charge in [-0.05, 0) is 24.3 Å². The number of nitrogens with zero attached hydrogens (tertiary/aromatic N) is 2. The first-order valence-electron chi connectivity index (χ1n) is 7.22. The summed E-state index contributed by atoms with van der Waals surface area (Å²) in [6, 6.07) is 17.4. The molecule has 1 aromatic heterocycles. The summed E-state index contributed by atoms with van der Waals surface area (Å²) in [4.78, 5) is 0. The number of hydrogen-bond acceptors (Lipinski definition) is 5. The van der Waals surface area contributed by atoms with E-state index in [1.54, 1.807) is 0 Å². The molecule has 2 aromatic carbocycles. The van der Waals surface area contributed by atoms with Crippen LogP contribution in [0.5, 0.6) is 11.5 Å². The van der Waals surface area contributed by atoms with Crippen LogP contribution in [0.25, 0.3) is 0 Å². The van der Waals surface area contributed by atoms with Crippen molar-refractivity contribution in [3.8, 4) is 11.5 Å². The fourth-order valence-corrected chi connectivity index (χ4v) is 1.99. The second-order valence-corrected chi connectivity index (χ2v) is 4.71. The molecule has 22 heavy (non-hydrogen) atoms. The van der Waals surface area contributed by atoms with Crippen LogP contribution in [0.4, 0.5) is 5.69 Å². The summed E-state index contributed by atoms with van der Waals surface area (Å²) in [5.74, 6) is 2.75. The third-order valence-electron chi connectivity index (χ3n) is 3.10. The van der Waals surface area contributed by atoms with Crippen LogP contribution in [0.1, 0.15) is 18.7 Å². The van der Waals surface area contributed by atoms with E-state index in [0.717, 1.165) is 23.6 Å².